The van der Waals surface area contributed by atoms with Gasteiger partial charge in [0.05, 0.1) is 11.8 Å². The number of halogens is 1. The minimum atomic E-state index is -0.286. The highest BCUT2D eigenvalue weighted by molar-refractivity contribution is 7.99. The minimum Gasteiger partial charge on any atom is -0.338 e. The van der Waals surface area contributed by atoms with Gasteiger partial charge in [0, 0.05) is 31.5 Å². The number of pyridine rings is 1. The maximum atomic E-state index is 13.1. The molecule has 0 aliphatic carbocycles. The maximum Gasteiger partial charge on any atom is 0.233 e. The lowest BCUT2D eigenvalue weighted by Gasteiger charge is -2.25. The number of amides is 1. The summed E-state index contributed by atoms with van der Waals surface area (Å²) >= 11 is 1.38. The second-order valence-electron chi connectivity index (χ2n) is 6.71. The van der Waals surface area contributed by atoms with E-state index in [9.17, 15) is 9.18 Å². The van der Waals surface area contributed by atoms with Crippen molar-refractivity contribution in [1.29, 1.82) is 0 Å². The average Bonchev–Trinajstić information content (AvgIpc) is 3.15. The zero-order valence-electron chi connectivity index (χ0n) is 16.7. The topological polar surface area (TPSA) is 63.9 Å². The van der Waals surface area contributed by atoms with Gasteiger partial charge in [-0.1, -0.05) is 30.8 Å². The molecule has 1 unspecified atom stereocenters. The van der Waals surface area contributed by atoms with Crippen LogP contribution in [0.2, 0.25) is 0 Å². The third-order valence-electron chi connectivity index (χ3n) is 4.75. The zero-order valence-corrected chi connectivity index (χ0v) is 17.6. The molecule has 8 heteroatoms. The molecule has 0 fully saturated rings. The number of carbonyl (C=O) groups excluding carboxylic acids is 1. The Morgan fingerprint density at radius 2 is 1.86 bits per heavy atom. The highest BCUT2D eigenvalue weighted by atomic mass is 32.2. The number of carbonyl (C=O) groups is 1. The Morgan fingerprint density at radius 1 is 1.17 bits per heavy atom. The van der Waals surface area contributed by atoms with Gasteiger partial charge in [0.2, 0.25) is 5.91 Å². The molecule has 1 amide bonds. The zero-order chi connectivity index (χ0) is 20.8. The molecular weight excluding hydrogens is 389 g/mol. The SMILES string of the molecule is CCCn1c(SCC(=O)N(C)C(C)c2ccc(F)cc2)nnc1-c1ccncc1. The molecule has 6 nitrogen and oxygen atoms in total. The maximum absolute atomic E-state index is 13.1. The molecule has 3 aromatic rings. The summed E-state index contributed by atoms with van der Waals surface area (Å²) < 4.78 is 15.2. The van der Waals surface area contributed by atoms with Gasteiger partial charge in [-0.15, -0.1) is 10.2 Å². The third-order valence-corrected chi connectivity index (χ3v) is 5.71. The number of benzene rings is 1. The summed E-state index contributed by atoms with van der Waals surface area (Å²) in [5.41, 5.74) is 1.84. The lowest BCUT2D eigenvalue weighted by Crippen LogP contribution is -2.31. The lowest BCUT2D eigenvalue weighted by molar-refractivity contribution is -0.128. The predicted molar refractivity (Wildman–Crippen MR) is 112 cm³/mol. The highest BCUT2D eigenvalue weighted by Gasteiger charge is 2.20. The molecule has 3 rings (SSSR count). The summed E-state index contributed by atoms with van der Waals surface area (Å²) in [6.07, 6.45) is 4.38. The Hall–Kier alpha value is -2.74. The first kappa shape index (κ1) is 21.0. The fourth-order valence-corrected chi connectivity index (χ4v) is 3.83. The van der Waals surface area contributed by atoms with Crippen LogP contribution in [0.3, 0.4) is 0 Å². The van der Waals surface area contributed by atoms with Gasteiger partial charge in [-0.3, -0.25) is 9.78 Å². The number of hydrogen-bond acceptors (Lipinski definition) is 5. The monoisotopic (exact) mass is 413 g/mol. The van der Waals surface area contributed by atoms with Gasteiger partial charge in [-0.2, -0.15) is 0 Å². The molecule has 2 heterocycles. The summed E-state index contributed by atoms with van der Waals surface area (Å²) in [5.74, 6) is 0.714. The van der Waals surface area contributed by atoms with E-state index in [0.29, 0.717) is 0 Å². The Labute approximate surface area is 174 Å². The Morgan fingerprint density at radius 3 is 2.52 bits per heavy atom. The van der Waals surface area contributed by atoms with Crippen LogP contribution in [0.25, 0.3) is 11.4 Å². The Bertz CT molecular complexity index is 945. The van der Waals surface area contributed by atoms with Gasteiger partial charge in [0.15, 0.2) is 11.0 Å². The van der Waals surface area contributed by atoms with E-state index < -0.39 is 0 Å². The smallest absolute Gasteiger partial charge is 0.233 e. The van der Waals surface area contributed by atoms with Crippen molar-refractivity contribution >= 4 is 17.7 Å². The van der Waals surface area contributed by atoms with E-state index >= 15 is 0 Å². The third kappa shape index (κ3) is 5.00. The predicted octanol–water partition coefficient (Wildman–Crippen LogP) is 4.20. The molecule has 1 aromatic carbocycles. The molecular formula is C21H24FN5OS. The largest absolute Gasteiger partial charge is 0.338 e. The number of rotatable bonds is 8. The summed E-state index contributed by atoms with van der Waals surface area (Å²) in [5, 5.41) is 9.34. The first-order valence-corrected chi connectivity index (χ1v) is 10.5. The molecule has 0 spiro atoms. The first-order valence-electron chi connectivity index (χ1n) is 9.48. The van der Waals surface area contributed by atoms with E-state index in [1.165, 1.54) is 23.9 Å². The molecule has 0 radical (unpaired) electrons. The minimum absolute atomic E-state index is 0.0247. The van der Waals surface area contributed by atoms with Crippen molar-refractivity contribution in [3.8, 4) is 11.4 Å². The van der Waals surface area contributed by atoms with Crippen LogP contribution >= 0.6 is 11.8 Å². The van der Waals surface area contributed by atoms with E-state index in [2.05, 4.69) is 22.1 Å². The molecule has 29 heavy (non-hydrogen) atoms. The number of nitrogens with zero attached hydrogens (tertiary/aromatic N) is 5. The number of hydrogen-bond donors (Lipinski definition) is 0. The van der Waals surface area contributed by atoms with Crippen LogP contribution in [0.1, 0.15) is 31.9 Å². The van der Waals surface area contributed by atoms with Crippen LogP contribution in [0.5, 0.6) is 0 Å². The van der Waals surface area contributed by atoms with E-state index in [-0.39, 0.29) is 23.5 Å². The van der Waals surface area contributed by atoms with Gasteiger partial charge in [0.1, 0.15) is 5.82 Å². The van der Waals surface area contributed by atoms with Gasteiger partial charge >= 0.3 is 0 Å². The molecule has 2 aromatic heterocycles. The second-order valence-corrected chi connectivity index (χ2v) is 7.66. The first-order chi connectivity index (χ1) is 14.0. The molecule has 152 valence electrons. The second kappa shape index (κ2) is 9.65. The van der Waals surface area contributed by atoms with Gasteiger partial charge in [-0.25, -0.2) is 4.39 Å². The lowest BCUT2D eigenvalue weighted by atomic mass is 10.1. The molecule has 0 saturated heterocycles. The Balaban J connectivity index is 1.69. The molecule has 0 saturated carbocycles. The summed E-state index contributed by atoms with van der Waals surface area (Å²) in [6, 6.07) is 9.87. The van der Waals surface area contributed by atoms with Crippen molar-refractivity contribution in [1.82, 2.24) is 24.6 Å². The molecule has 0 bridgehead atoms. The van der Waals surface area contributed by atoms with Crippen molar-refractivity contribution in [2.45, 2.75) is 38.0 Å². The molecule has 1 atom stereocenters. The van der Waals surface area contributed by atoms with Crippen LogP contribution in [0.4, 0.5) is 4.39 Å². The van der Waals surface area contributed by atoms with Gasteiger partial charge in [-0.05, 0) is 43.2 Å². The van der Waals surface area contributed by atoms with E-state index in [4.69, 9.17) is 0 Å². The molecule has 0 aliphatic heterocycles. The van der Waals surface area contributed by atoms with Crippen LogP contribution in [0, 0.1) is 5.82 Å². The van der Waals surface area contributed by atoms with Crippen LogP contribution in [0.15, 0.2) is 53.9 Å². The molecule has 0 aliphatic rings. The summed E-state index contributed by atoms with van der Waals surface area (Å²) in [6.45, 7) is 4.79. The van der Waals surface area contributed by atoms with Crippen LogP contribution in [-0.4, -0.2) is 43.4 Å². The van der Waals surface area contributed by atoms with Crippen molar-refractivity contribution in [2.24, 2.45) is 0 Å². The molecule has 0 N–H and O–H groups in total. The van der Waals surface area contributed by atoms with Crippen molar-refractivity contribution in [2.75, 3.05) is 12.8 Å². The van der Waals surface area contributed by atoms with Crippen molar-refractivity contribution in [3.63, 3.8) is 0 Å². The van der Waals surface area contributed by atoms with Crippen molar-refractivity contribution in [3.05, 3.63) is 60.2 Å². The van der Waals surface area contributed by atoms with Gasteiger partial charge in [0.25, 0.3) is 0 Å². The highest BCUT2D eigenvalue weighted by Crippen LogP contribution is 2.25. The van der Waals surface area contributed by atoms with Crippen molar-refractivity contribution < 1.29 is 9.18 Å². The standard InChI is InChI=1S/C21H24FN5OS/c1-4-13-27-20(17-9-11-23-12-10-17)24-25-21(27)29-14-19(28)26(3)15(2)16-5-7-18(22)8-6-16/h5-12,15H,4,13-14H2,1-3H3. The van der Waals surface area contributed by atoms with E-state index in [1.807, 2.05) is 23.6 Å². The van der Waals surface area contributed by atoms with Gasteiger partial charge < -0.3 is 9.47 Å². The summed E-state index contributed by atoms with van der Waals surface area (Å²) in [7, 11) is 1.76. The van der Waals surface area contributed by atoms with Crippen LogP contribution in [-0.2, 0) is 11.3 Å². The van der Waals surface area contributed by atoms with E-state index in [1.54, 1.807) is 36.5 Å². The number of aromatic nitrogens is 4. The van der Waals surface area contributed by atoms with Crippen LogP contribution < -0.4 is 0 Å². The fourth-order valence-electron chi connectivity index (χ4n) is 2.94. The Kier molecular flexibility index (Phi) is 6.98. The summed E-state index contributed by atoms with van der Waals surface area (Å²) in [4.78, 5) is 18.4. The van der Waals surface area contributed by atoms with E-state index in [0.717, 1.165) is 35.1 Å². The quantitative estimate of drug-likeness (QED) is 0.518. The average molecular weight is 414 g/mol. The fraction of sp³-hybridized carbons (Fsp3) is 0.333. The number of thioether (sulfide) groups is 1. The normalized spacial score (nSPS) is 12.0.